The highest BCUT2D eigenvalue weighted by Crippen LogP contribution is 2.19. The van der Waals surface area contributed by atoms with Crippen molar-refractivity contribution in [2.75, 3.05) is 24.7 Å². The molecule has 21 heavy (non-hydrogen) atoms. The second-order valence-electron chi connectivity index (χ2n) is 4.41. The van der Waals surface area contributed by atoms with Gasteiger partial charge in [0, 0.05) is 18.1 Å². The van der Waals surface area contributed by atoms with Crippen molar-refractivity contribution in [3.05, 3.63) is 29.8 Å². The number of carboxylic acids is 1. The minimum Gasteiger partial charge on any atom is -0.482 e. The van der Waals surface area contributed by atoms with Gasteiger partial charge in [0.15, 0.2) is 6.61 Å². The molecule has 1 fully saturated rings. The van der Waals surface area contributed by atoms with Crippen LogP contribution in [-0.4, -0.2) is 52.6 Å². The molecule has 0 spiro atoms. The monoisotopic (exact) mass is 306 g/mol. The molecule has 0 aromatic heterocycles. The zero-order valence-electron chi connectivity index (χ0n) is 11.2. The molecule has 1 unspecified atom stereocenters. The number of hydrogen-bond acceptors (Lipinski definition) is 5. The number of carbonyl (C=O) groups excluding carboxylic acids is 1. The average Bonchev–Trinajstić information content (AvgIpc) is 2.52. The molecule has 6 nitrogen and oxygen atoms in total. The number of carboxylic acid groups (broad SMARTS) is 1. The summed E-state index contributed by atoms with van der Waals surface area (Å²) in [5.74, 6) is 0.0372. The van der Waals surface area contributed by atoms with E-state index in [1.807, 2.05) is 6.07 Å². The second kappa shape index (κ2) is 6.99. The van der Waals surface area contributed by atoms with Crippen molar-refractivity contribution in [2.24, 2.45) is 0 Å². The lowest BCUT2D eigenvalue weighted by Crippen LogP contribution is -2.51. The van der Waals surface area contributed by atoms with Crippen LogP contribution in [0.15, 0.2) is 24.3 Å². The molecular weight excluding hydrogens is 292 g/mol. The third-order valence-corrected chi connectivity index (χ3v) is 4.12. The van der Waals surface area contributed by atoms with Gasteiger partial charge in [0.2, 0.25) is 0 Å². The maximum absolute atomic E-state index is 12.1. The van der Waals surface area contributed by atoms with Gasteiger partial charge in [-0.1, -0.05) is 12.1 Å². The maximum atomic E-state index is 12.1. The number of aliphatic carboxylic acids is 1. The standard InChI is InChI=1S/C14H14N2O4S/c15-7-10-3-1-2-4-12(10)20-8-13(17)16-5-6-21-9-11(16)14(18)19/h1-4,11H,5-6,8-9H2,(H,18,19). The molecule has 2 rings (SSSR count). The summed E-state index contributed by atoms with van der Waals surface area (Å²) in [6.07, 6.45) is 0. The van der Waals surface area contributed by atoms with Gasteiger partial charge < -0.3 is 14.7 Å². The summed E-state index contributed by atoms with van der Waals surface area (Å²) < 4.78 is 5.36. The lowest BCUT2D eigenvalue weighted by molar-refractivity contribution is -0.150. The van der Waals surface area contributed by atoms with Gasteiger partial charge in [-0.15, -0.1) is 0 Å². The quantitative estimate of drug-likeness (QED) is 0.891. The van der Waals surface area contributed by atoms with E-state index < -0.39 is 12.0 Å². The van der Waals surface area contributed by atoms with E-state index >= 15 is 0 Å². The maximum Gasteiger partial charge on any atom is 0.327 e. The molecule has 1 heterocycles. The van der Waals surface area contributed by atoms with E-state index in [-0.39, 0.29) is 12.5 Å². The van der Waals surface area contributed by atoms with Gasteiger partial charge >= 0.3 is 5.97 Å². The highest BCUT2D eigenvalue weighted by molar-refractivity contribution is 7.99. The van der Waals surface area contributed by atoms with Crippen molar-refractivity contribution in [3.63, 3.8) is 0 Å². The van der Waals surface area contributed by atoms with Crippen LogP contribution in [0, 0.1) is 11.3 Å². The van der Waals surface area contributed by atoms with Gasteiger partial charge in [-0.25, -0.2) is 4.79 Å². The minimum atomic E-state index is -1.01. The summed E-state index contributed by atoms with van der Waals surface area (Å²) in [6.45, 7) is 0.122. The Labute approximate surface area is 126 Å². The Bertz CT molecular complexity index is 585. The van der Waals surface area contributed by atoms with Crippen LogP contribution >= 0.6 is 11.8 Å². The van der Waals surface area contributed by atoms with E-state index in [0.29, 0.717) is 29.4 Å². The molecule has 1 saturated heterocycles. The molecule has 1 aliphatic heterocycles. The van der Waals surface area contributed by atoms with E-state index in [1.165, 1.54) is 16.7 Å². The summed E-state index contributed by atoms with van der Waals surface area (Å²) in [7, 11) is 0. The molecule has 1 atom stereocenters. The highest BCUT2D eigenvalue weighted by Gasteiger charge is 2.32. The smallest absolute Gasteiger partial charge is 0.327 e. The molecule has 1 amide bonds. The van der Waals surface area contributed by atoms with Gasteiger partial charge in [0.25, 0.3) is 5.91 Å². The average molecular weight is 306 g/mol. The second-order valence-corrected chi connectivity index (χ2v) is 5.56. The van der Waals surface area contributed by atoms with Crippen molar-refractivity contribution in [1.82, 2.24) is 4.90 Å². The first-order valence-electron chi connectivity index (χ1n) is 6.35. The van der Waals surface area contributed by atoms with Gasteiger partial charge in [-0.3, -0.25) is 4.79 Å². The Hall–Kier alpha value is -2.20. The minimum absolute atomic E-state index is 0.271. The molecule has 1 aromatic carbocycles. The number of ether oxygens (including phenoxy) is 1. The van der Waals surface area contributed by atoms with Gasteiger partial charge in [-0.05, 0) is 12.1 Å². The van der Waals surface area contributed by atoms with Gasteiger partial charge in [0.1, 0.15) is 17.9 Å². The first kappa shape index (κ1) is 15.2. The zero-order chi connectivity index (χ0) is 15.2. The third-order valence-electron chi connectivity index (χ3n) is 3.09. The molecule has 110 valence electrons. The van der Waals surface area contributed by atoms with Crippen molar-refractivity contribution in [1.29, 1.82) is 5.26 Å². The Morgan fingerprint density at radius 1 is 1.48 bits per heavy atom. The summed E-state index contributed by atoms with van der Waals surface area (Å²) >= 11 is 1.51. The zero-order valence-corrected chi connectivity index (χ0v) is 12.0. The number of rotatable bonds is 4. The molecule has 0 bridgehead atoms. The fourth-order valence-corrected chi connectivity index (χ4v) is 3.05. The number of carbonyl (C=O) groups is 2. The summed E-state index contributed by atoms with van der Waals surface area (Å²) in [5, 5.41) is 18.1. The highest BCUT2D eigenvalue weighted by atomic mass is 32.2. The number of nitrogens with zero attached hydrogens (tertiary/aromatic N) is 2. The van der Waals surface area contributed by atoms with Crippen LogP contribution < -0.4 is 4.74 Å². The Morgan fingerprint density at radius 3 is 2.95 bits per heavy atom. The number of hydrogen-bond donors (Lipinski definition) is 1. The first-order valence-corrected chi connectivity index (χ1v) is 7.51. The normalized spacial score (nSPS) is 17.9. The van der Waals surface area contributed by atoms with E-state index in [1.54, 1.807) is 24.3 Å². The van der Waals surface area contributed by atoms with E-state index in [9.17, 15) is 9.59 Å². The Morgan fingerprint density at radius 2 is 2.24 bits per heavy atom. The van der Waals surface area contributed by atoms with E-state index in [4.69, 9.17) is 15.1 Å². The largest absolute Gasteiger partial charge is 0.482 e. The lowest BCUT2D eigenvalue weighted by atomic mass is 10.2. The van der Waals surface area contributed by atoms with Gasteiger partial charge in [-0.2, -0.15) is 17.0 Å². The molecule has 1 aromatic rings. The molecule has 0 radical (unpaired) electrons. The van der Waals surface area contributed by atoms with Crippen molar-refractivity contribution in [3.8, 4) is 11.8 Å². The van der Waals surface area contributed by atoms with Crippen molar-refractivity contribution < 1.29 is 19.4 Å². The first-order chi connectivity index (χ1) is 10.1. The van der Waals surface area contributed by atoms with Crippen LogP contribution in [0.5, 0.6) is 5.75 Å². The van der Waals surface area contributed by atoms with Crippen LogP contribution in [0.1, 0.15) is 5.56 Å². The fourth-order valence-electron chi connectivity index (χ4n) is 2.01. The molecular formula is C14H14N2O4S. The van der Waals surface area contributed by atoms with Crippen LogP contribution in [-0.2, 0) is 9.59 Å². The predicted octanol–water partition coefficient (Wildman–Crippen LogP) is 0.966. The molecule has 1 N–H and O–H groups in total. The summed E-state index contributed by atoms with van der Waals surface area (Å²) in [6, 6.07) is 7.77. The van der Waals surface area contributed by atoms with Crippen LogP contribution in [0.4, 0.5) is 0 Å². The summed E-state index contributed by atoms with van der Waals surface area (Å²) in [5.41, 5.74) is 0.342. The number of nitriles is 1. The van der Waals surface area contributed by atoms with Crippen molar-refractivity contribution in [2.45, 2.75) is 6.04 Å². The lowest BCUT2D eigenvalue weighted by Gasteiger charge is -2.32. The number of para-hydroxylation sites is 1. The Balaban J connectivity index is 2.01. The molecule has 1 aliphatic rings. The van der Waals surface area contributed by atoms with E-state index in [0.717, 1.165) is 0 Å². The third kappa shape index (κ3) is 3.67. The number of amides is 1. The molecule has 0 saturated carbocycles. The fraction of sp³-hybridized carbons (Fsp3) is 0.357. The van der Waals surface area contributed by atoms with Crippen LogP contribution in [0.25, 0.3) is 0 Å². The molecule has 0 aliphatic carbocycles. The van der Waals surface area contributed by atoms with Crippen LogP contribution in [0.3, 0.4) is 0 Å². The summed E-state index contributed by atoms with van der Waals surface area (Å²) in [4.78, 5) is 24.6. The van der Waals surface area contributed by atoms with Crippen LogP contribution in [0.2, 0.25) is 0 Å². The van der Waals surface area contributed by atoms with Crippen molar-refractivity contribution >= 4 is 23.6 Å². The number of benzene rings is 1. The SMILES string of the molecule is N#Cc1ccccc1OCC(=O)N1CCSCC1C(=O)O. The molecule has 7 heteroatoms. The Kier molecular flexibility index (Phi) is 5.06. The topological polar surface area (TPSA) is 90.6 Å². The number of thioether (sulfide) groups is 1. The van der Waals surface area contributed by atoms with E-state index in [2.05, 4.69) is 0 Å². The van der Waals surface area contributed by atoms with Gasteiger partial charge in [0.05, 0.1) is 5.56 Å². The predicted molar refractivity (Wildman–Crippen MR) is 77.1 cm³/mol.